The van der Waals surface area contributed by atoms with Crippen LogP contribution in [0.5, 0.6) is 0 Å². The van der Waals surface area contributed by atoms with Crippen LogP contribution in [-0.2, 0) is 9.59 Å². The molecule has 1 N–H and O–H groups in total. The highest BCUT2D eigenvalue weighted by molar-refractivity contribution is 8.14. The van der Waals surface area contributed by atoms with Crippen LogP contribution in [0.4, 0.5) is 11.4 Å². The normalized spacial score (nSPS) is 17.4. The highest BCUT2D eigenvalue weighted by Gasteiger charge is 2.42. The standard InChI is InChI=1S/C23H24N4O2S/c1-13(2)20-22(29)27-21(26-20)17-7-5-6-8-18(17)25-23(27)30-12-19(28)24-16-10-14(3)9-15(4)11-16/h5-11,13,20H,12H2,1-4H3,(H,24,28). The Morgan fingerprint density at radius 3 is 2.57 bits per heavy atom. The molecule has 2 aliphatic heterocycles. The van der Waals surface area contributed by atoms with Crippen molar-refractivity contribution in [1.29, 1.82) is 0 Å². The van der Waals surface area contributed by atoms with E-state index >= 15 is 0 Å². The summed E-state index contributed by atoms with van der Waals surface area (Å²) in [5, 5.41) is 3.43. The first-order valence-corrected chi connectivity index (χ1v) is 10.9. The van der Waals surface area contributed by atoms with Crippen LogP contribution >= 0.6 is 11.8 Å². The van der Waals surface area contributed by atoms with Crippen LogP contribution in [-0.4, -0.2) is 39.5 Å². The fourth-order valence-corrected chi connectivity index (χ4v) is 4.48. The number of thioether (sulfide) groups is 1. The van der Waals surface area contributed by atoms with Gasteiger partial charge in [-0.15, -0.1) is 0 Å². The lowest BCUT2D eigenvalue weighted by molar-refractivity contribution is -0.125. The molecule has 1 unspecified atom stereocenters. The number of benzene rings is 2. The molecule has 4 rings (SSSR count). The molecule has 0 fully saturated rings. The Morgan fingerprint density at radius 1 is 1.17 bits per heavy atom. The molecule has 0 bridgehead atoms. The second-order valence-electron chi connectivity index (χ2n) is 7.94. The third-order valence-corrected chi connectivity index (χ3v) is 5.91. The lowest BCUT2D eigenvalue weighted by Crippen LogP contribution is -2.42. The molecule has 0 saturated carbocycles. The summed E-state index contributed by atoms with van der Waals surface area (Å²) < 4.78 is 0. The van der Waals surface area contributed by atoms with Gasteiger partial charge in [0.25, 0.3) is 5.91 Å². The highest BCUT2D eigenvalue weighted by Crippen LogP contribution is 2.34. The SMILES string of the molecule is Cc1cc(C)cc(NC(=O)CSC2=Nc3ccccc3C3=NC(C(C)C)C(=O)N23)c1. The molecule has 0 saturated heterocycles. The number of hydrogen-bond donors (Lipinski definition) is 1. The maximum Gasteiger partial charge on any atom is 0.259 e. The maximum atomic E-state index is 13.0. The van der Waals surface area contributed by atoms with Crippen LogP contribution in [0, 0.1) is 19.8 Å². The van der Waals surface area contributed by atoms with E-state index in [0.717, 1.165) is 28.1 Å². The smallest absolute Gasteiger partial charge is 0.259 e. The number of nitrogens with one attached hydrogen (secondary N) is 1. The van der Waals surface area contributed by atoms with Crippen molar-refractivity contribution in [2.45, 2.75) is 33.7 Å². The van der Waals surface area contributed by atoms with E-state index in [1.165, 1.54) is 11.8 Å². The number of carbonyl (C=O) groups is 2. The summed E-state index contributed by atoms with van der Waals surface area (Å²) in [6, 6.07) is 13.2. The largest absolute Gasteiger partial charge is 0.325 e. The van der Waals surface area contributed by atoms with Gasteiger partial charge in [0, 0.05) is 11.3 Å². The predicted molar refractivity (Wildman–Crippen MR) is 123 cm³/mol. The number of carbonyl (C=O) groups excluding carboxylic acids is 2. The molecule has 1 atom stereocenters. The number of anilines is 1. The summed E-state index contributed by atoms with van der Waals surface area (Å²) in [7, 11) is 0. The zero-order valence-electron chi connectivity index (χ0n) is 17.5. The second-order valence-corrected chi connectivity index (χ2v) is 8.88. The summed E-state index contributed by atoms with van der Waals surface area (Å²) in [6.45, 7) is 7.96. The van der Waals surface area contributed by atoms with Gasteiger partial charge in [0.2, 0.25) is 5.91 Å². The number of hydrogen-bond acceptors (Lipinski definition) is 5. The first-order valence-electron chi connectivity index (χ1n) is 9.94. The van der Waals surface area contributed by atoms with E-state index in [1.54, 1.807) is 4.90 Å². The summed E-state index contributed by atoms with van der Waals surface area (Å²) in [5.74, 6) is 0.633. The molecule has 2 amide bonds. The first-order chi connectivity index (χ1) is 14.3. The highest BCUT2D eigenvalue weighted by atomic mass is 32.2. The first kappa shape index (κ1) is 20.3. The zero-order valence-corrected chi connectivity index (χ0v) is 18.3. The third kappa shape index (κ3) is 3.89. The lowest BCUT2D eigenvalue weighted by atomic mass is 10.1. The van der Waals surface area contributed by atoms with Crippen LogP contribution in [0.15, 0.2) is 52.4 Å². The van der Waals surface area contributed by atoms with Crippen molar-refractivity contribution in [3.8, 4) is 0 Å². The van der Waals surface area contributed by atoms with Crippen LogP contribution in [0.25, 0.3) is 0 Å². The molecular weight excluding hydrogens is 396 g/mol. The van der Waals surface area contributed by atoms with Gasteiger partial charge in [-0.2, -0.15) is 0 Å². The van der Waals surface area contributed by atoms with E-state index < -0.39 is 6.04 Å². The average Bonchev–Trinajstić information content (AvgIpc) is 3.03. The van der Waals surface area contributed by atoms with Gasteiger partial charge in [0.15, 0.2) is 5.17 Å². The topological polar surface area (TPSA) is 74.1 Å². The number of aryl methyl sites for hydroxylation is 2. The second kappa shape index (κ2) is 8.07. The molecule has 2 heterocycles. The van der Waals surface area contributed by atoms with Gasteiger partial charge in [0.1, 0.15) is 11.9 Å². The van der Waals surface area contributed by atoms with Gasteiger partial charge in [-0.05, 0) is 55.2 Å². The zero-order chi connectivity index (χ0) is 21.4. The van der Waals surface area contributed by atoms with Crippen molar-refractivity contribution in [3.05, 3.63) is 59.2 Å². The lowest BCUT2D eigenvalue weighted by Gasteiger charge is -2.25. The number of aliphatic imine (C=N–C) groups is 2. The van der Waals surface area contributed by atoms with Gasteiger partial charge in [0.05, 0.1) is 11.4 Å². The van der Waals surface area contributed by atoms with Gasteiger partial charge in [-0.1, -0.05) is 43.8 Å². The van der Waals surface area contributed by atoms with E-state index in [4.69, 9.17) is 4.99 Å². The molecule has 6 nitrogen and oxygen atoms in total. The van der Waals surface area contributed by atoms with Crippen molar-refractivity contribution >= 4 is 46.0 Å². The molecule has 2 aliphatic rings. The van der Waals surface area contributed by atoms with Gasteiger partial charge >= 0.3 is 0 Å². The molecule has 0 aliphatic carbocycles. The van der Waals surface area contributed by atoms with Crippen molar-refractivity contribution < 1.29 is 9.59 Å². The van der Waals surface area contributed by atoms with Gasteiger partial charge < -0.3 is 5.32 Å². The van der Waals surface area contributed by atoms with Crippen LogP contribution in [0.1, 0.15) is 30.5 Å². The fraction of sp³-hybridized carbons (Fsp3) is 0.304. The molecule has 2 aromatic carbocycles. The Hall–Kier alpha value is -2.93. The van der Waals surface area contributed by atoms with Crippen molar-refractivity contribution in [2.75, 3.05) is 11.1 Å². The van der Waals surface area contributed by atoms with Crippen molar-refractivity contribution in [1.82, 2.24) is 4.90 Å². The van der Waals surface area contributed by atoms with Crippen LogP contribution in [0.2, 0.25) is 0 Å². The van der Waals surface area contributed by atoms with Crippen LogP contribution < -0.4 is 5.32 Å². The molecule has 0 aromatic heterocycles. The average molecular weight is 421 g/mol. The molecule has 7 heteroatoms. The third-order valence-electron chi connectivity index (χ3n) is 4.97. The van der Waals surface area contributed by atoms with E-state index in [9.17, 15) is 9.59 Å². The number of nitrogens with zero attached hydrogens (tertiary/aromatic N) is 3. The molecular formula is C23H24N4O2S. The summed E-state index contributed by atoms with van der Waals surface area (Å²) in [6.07, 6.45) is 0. The number of amides is 2. The van der Waals surface area contributed by atoms with Crippen LogP contribution in [0.3, 0.4) is 0 Å². The Morgan fingerprint density at radius 2 is 1.87 bits per heavy atom. The van der Waals surface area contributed by atoms with Crippen molar-refractivity contribution in [2.24, 2.45) is 15.9 Å². The Labute approximate surface area is 180 Å². The fourth-order valence-electron chi connectivity index (χ4n) is 3.67. The monoisotopic (exact) mass is 420 g/mol. The summed E-state index contributed by atoms with van der Waals surface area (Å²) in [4.78, 5) is 36.5. The number of para-hydroxylation sites is 1. The Balaban J connectivity index is 1.55. The minimum atomic E-state index is -0.430. The minimum absolute atomic E-state index is 0.0851. The summed E-state index contributed by atoms with van der Waals surface area (Å²) >= 11 is 1.25. The predicted octanol–water partition coefficient (Wildman–Crippen LogP) is 4.29. The van der Waals surface area contributed by atoms with Gasteiger partial charge in [-0.3, -0.25) is 14.6 Å². The van der Waals surface area contributed by atoms with E-state index in [0.29, 0.717) is 11.0 Å². The minimum Gasteiger partial charge on any atom is -0.325 e. The van der Waals surface area contributed by atoms with E-state index in [1.807, 2.05) is 64.1 Å². The molecule has 0 radical (unpaired) electrons. The molecule has 30 heavy (non-hydrogen) atoms. The maximum absolute atomic E-state index is 13.0. The van der Waals surface area contributed by atoms with E-state index in [2.05, 4.69) is 16.4 Å². The molecule has 154 valence electrons. The number of fused-ring (bicyclic) bond motifs is 3. The molecule has 2 aromatic rings. The van der Waals surface area contributed by atoms with Crippen molar-refractivity contribution in [3.63, 3.8) is 0 Å². The number of amidine groups is 2. The Bertz CT molecular complexity index is 1070. The van der Waals surface area contributed by atoms with Gasteiger partial charge in [-0.25, -0.2) is 9.89 Å². The summed E-state index contributed by atoms with van der Waals surface area (Å²) in [5.41, 5.74) is 4.57. The molecule has 0 spiro atoms. The quantitative estimate of drug-likeness (QED) is 0.802. The Kier molecular flexibility index (Phi) is 5.47. The van der Waals surface area contributed by atoms with E-state index in [-0.39, 0.29) is 23.5 Å². The number of rotatable bonds is 4.